The second-order valence-corrected chi connectivity index (χ2v) is 5.57. The summed E-state index contributed by atoms with van der Waals surface area (Å²) in [5.74, 6) is -0.316. The molecule has 1 aromatic carbocycles. The van der Waals surface area contributed by atoms with Gasteiger partial charge in [0, 0.05) is 16.0 Å². The van der Waals surface area contributed by atoms with Gasteiger partial charge >= 0.3 is 0 Å². The van der Waals surface area contributed by atoms with E-state index in [1.165, 1.54) is 0 Å². The van der Waals surface area contributed by atoms with Crippen LogP contribution in [0.25, 0.3) is 0 Å². The molecule has 1 aliphatic rings. The molecule has 2 amide bonds. The summed E-state index contributed by atoms with van der Waals surface area (Å²) < 4.78 is 0.766. The number of halogens is 2. The van der Waals surface area contributed by atoms with Crippen molar-refractivity contribution in [3.63, 3.8) is 0 Å². The van der Waals surface area contributed by atoms with Crippen LogP contribution in [0.5, 0.6) is 0 Å². The number of aryl methyl sites for hydroxylation is 1. The lowest BCUT2D eigenvalue weighted by atomic mass is 10.2. The molecule has 0 aromatic heterocycles. The lowest BCUT2D eigenvalue weighted by Crippen LogP contribution is -2.56. The van der Waals surface area contributed by atoms with Gasteiger partial charge in [-0.25, -0.2) is 0 Å². The number of carbonyl (C=O) groups is 2. The number of piperazine rings is 1. The molecule has 0 radical (unpaired) electrons. The third kappa shape index (κ3) is 3.46. The summed E-state index contributed by atoms with van der Waals surface area (Å²) in [6.07, 6.45) is 0. The molecule has 0 aliphatic carbocycles. The van der Waals surface area contributed by atoms with Crippen LogP contribution < -0.4 is 16.0 Å². The first kappa shape index (κ1) is 14.3. The summed E-state index contributed by atoms with van der Waals surface area (Å²) in [5.41, 5.74) is 1.54. The van der Waals surface area contributed by atoms with Gasteiger partial charge in [0.25, 0.3) is 0 Å². The molecule has 5 nitrogen and oxygen atoms in total. The maximum absolute atomic E-state index is 12.0. The van der Waals surface area contributed by atoms with Crippen LogP contribution in [0.3, 0.4) is 0 Å². The van der Waals surface area contributed by atoms with Crippen LogP contribution in [-0.4, -0.2) is 30.9 Å². The lowest BCUT2D eigenvalue weighted by Gasteiger charge is -2.23. The van der Waals surface area contributed by atoms with Gasteiger partial charge in [0.05, 0.1) is 12.2 Å². The number of benzene rings is 1. The lowest BCUT2D eigenvalue weighted by molar-refractivity contribution is -0.124. The quantitative estimate of drug-likeness (QED) is 0.759. The maximum atomic E-state index is 12.0. The van der Waals surface area contributed by atoms with Gasteiger partial charge in [0.15, 0.2) is 0 Å². The van der Waals surface area contributed by atoms with Crippen LogP contribution in [0.2, 0.25) is 5.02 Å². The summed E-state index contributed by atoms with van der Waals surface area (Å²) in [6, 6.07) is 3.10. The Morgan fingerprint density at radius 1 is 1.53 bits per heavy atom. The van der Waals surface area contributed by atoms with Gasteiger partial charge in [-0.05, 0) is 40.5 Å². The van der Waals surface area contributed by atoms with Crippen LogP contribution in [0, 0.1) is 6.92 Å². The predicted octanol–water partition coefficient (Wildman–Crippen LogP) is 1.44. The first-order valence-electron chi connectivity index (χ1n) is 5.74. The van der Waals surface area contributed by atoms with Gasteiger partial charge in [-0.15, -0.1) is 0 Å². The van der Waals surface area contributed by atoms with E-state index in [1.54, 1.807) is 6.07 Å². The fourth-order valence-corrected chi connectivity index (χ4v) is 2.43. The molecule has 1 heterocycles. The van der Waals surface area contributed by atoms with Crippen molar-refractivity contribution in [1.82, 2.24) is 10.6 Å². The standard InChI is InChI=1S/C12H13BrClN3O2/c1-6-2-7(13)9(3-8(6)14)17-12(19)10-4-16-11(18)5-15-10/h2-3,10,15H,4-5H2,1H3,(H,16,18)(H,17,19). The van der Waals surface area contributed by atoms with E-state index in [2.05, 4.69) is 31.9 Å². The Bertz CT molecular complexity index is 526. The van der Waals surface area contributed by atoms with E-state index >= 15 is 0 Å². The first-order valence-corrected chi connectivity index (χ1v) is 6.91. The number of nitrogens with one attached hydrogen (secondary N) is 3. The van der Waals surface area contributed by atoms with Crippen LogP contribution in [0.15, 0.2) is 16.6 Å². The van der Waals surface area contributed by atoms with Gasteiger partial charge < -0.3 is 10.6 Å². The molecule has 102 valence electrons. The molecular weight excluding hydrogens is 334 g/mol. The van der Waals surface area contributed by atoms with E-state index < -0.39 is 6.04 Å². The topological polar surface area (TPSA) is 70.2 Å². The van der Waals surface area contributed by atoms with Crippen LogP contribution >= 0.6 is 27.5 Å². The molecule has 2 rings (SSSR count). The molecule has 1 fully saturated rings. The highest BCUT2D eigenvalue weighted by Crippen LogP contribution is 2.29. The van der Waals surface area contributed by atoms with Crippen molar-refractivity contribution in [3.05, 3.63) is 27.2 Å². The molecule has 0 bridgehead atoms. The third-order valence-corrected chi connectivity index (χ3v) is 3.90. The van der Waals surface area contributed by atoms with E-state index in [0.717, 1.165) is 10.0 Å². The number of hydrogen-bond donors (Lipinski definition) is 3. The van der Waals surface area contributed by atoms with E-state index in [4.69, 9.17) is 11.6 Å². The van der Waals surface area contributed by atoms with Crippen molar-refractivity contribution < 1.29 is 9.59 Å². The molecular formula is C12H13BrClN3O2. The van der Waals surface area contributed by atoms with E-state index in [1.807, 2.05) is 13.0 Å². The number of carbonyl (C=O) groups excluding carboxylic acids is 2. The molecule has 19 heavy (non-hydrogen) atoms. The van der Waals surface area contributed by atoms with Crippen LogP contribution in [0.4, 0.5) is 5.69 Å². The monoisotopic (exact) mass is 345 g/mol. The van der Waals surface area contributed by atoms with Crippen molar-refractivity contribution >= 4 is 45.0 Å². The highest BCUT2D eigenvalue weighted by molar-refractivity contribution is 9.10. The van der Waals surface area contributed by atoms with Gasteiger partial charge in [0.2, 0.25) is 11.8 Å². The largest absolute Gasteiger partial charge is 0.353 e. The second-order valence-electron chi connectivity index (χ2n) is 4.31. The molecule has 3 N–H and O–H groups in total. The van der Waals surface area contributed by atoms with Gasteiger partial charge in [0.1, 0.15) is 6.04 Å². The summed E-state index contributed by atoms with van der Waals surface area (Å²) in [7, 11) is 0. The fraction of sp³-hybridized carbons (Fsp3) is 0.333. The summed E-state index contributed by atoms with van der Waals surface area (Å²) in [4.78, 5) is 23.0. The minimum Gasteiger partial charge on any atom is -0.353 e. The van der Waals surface area contributed by atoms with E-state index in [0.29, 0.717) is 10.7 Å². The second kappa shape index (κ2) is 5.90. The number of anilines is 1. The first-order chi connectivity index (χ1) is 8.97. The van der Waals surface area contributed by atoms with Crippen molar-refractivity contribution in [2.75, 3.05) is 18.4 Å². The van der Waals surface area contributed by atoms with E-state index in [9.17, 15) is 9.59 Å². The zero-order valence-electron chi connectivity index (χ0n) is 10.2. The SMILES string of the molecule is Cc1cc(Br)c(NC(=O)C2CNC(=O)CN2)cc1Cl. The summed E-state index contributed by atoms with van der Waals surface area (Å²) in [5, 5.41) is 8.86. The van der Waals surface area contributed by atoms with Crippen LogP contribution in [0.1, 0.15) is 5.56 Å². The molecule has 7 heteroatoms. The van der Waals surface area contributed by atoms with Crippen molar-refractivity contribution in [2.24, 2.45) is 0 Å². The summed E-state index contributed by atoms with van der Waals surface area (Å²) in [6.45, 7) is 2.31. The van der Waals surface area contributed by atoms with Gasteiger partial charge in [-0.2, -0.15) is 0 Å². The Morgan fingerprint density at radius 2 is 2.26 bits per heavy atom. The van der Waals surface area contributed by atoms with E-state index in [-0.39, 0.29) is 24.9 Å². The number of rotatable bonds is 2. The van der Waals surface area contributed by atoms with Gasteiger partial charge in [-0.1, -0.05) is 11.6 Å². The smallest absolute Gasteiger partial charge is 0.243 e. The minimum absolute atomic E-state index is 0.108. The normalized spacial score (nSPS) is 18.9. The highest BCUT2D eigenvalue weighted by atomic mass is 79.9. The Labute approximate surface area is 124 Å². The highest BCUT2D eigenvalue weighted by Gasteiger charge is 2.24. The molecule has 1 atom stereocenters. The van der Waals surface area contributed by atoms with Crippen LogP contribution in [-0.2, 0) is 9.59 Å². The maximum Gasteiger partial charge on any atom is 0.243 e. The zero-order chi connectivity index (χ0) is 14.0. The number of amides is 2. The van der Waals surface area contributed by atoms with Crippen molar-refractivity contribution in [2.45, 2.75) is 13.0 Å². The Kier molecular flexibility index (Phi) is 4.44. The summed E-state index contributed by atoms with van der Waals surface area (Å²) >= 11 is 9.41. The molecule has 1 unspecified atom stereocenters. The molecule has 1 aliphatic heterocycles. The van der Waals surface area contributed by atoms with Crippen molar-refractivity contribution in [3.8, 4) is 0 Å². The number of hydrogen-bond acceptors (Lipinski definition) is 3. The Balaban J connectivity index is 2.07. The zero-order valence-corrected chi connectivity index (χ0v) is 12.6. The van der Waals surface area contributed by atoms with Gasteiger partial charge in [-0.3, -0.25) is 14.9 Å². The fourth-order valence-electron chi connectivity index (χ4n) is 1.71. The Morgan fingerprint density at radius 3 is 2.89 bits per heavy atom. The average Bonchev–Trinajstić information content (AvgIpc) is 2.36. The minimum atomic E-state index is -0.440. The molecule has 1 saturated heterocycles. The van der Waals surface area contributed by atoms with Crippen molar-refractivity contribution in [1.29, 1.82) is 0 Å². The molecule has 0 spiro atoms. The Hall–Kier alpha value is -1.11. The molecule has 0 saturated carbocycles. The predicted molar refractivity (Wildman–Crippen MR) is 77.3 cm³/mol. The molecule has 1 aromatic rings. The average molecular weight is 347 g/mol. The third-order valence-electron chi connectivity index (χ3n) is 2.84.